The van der Waals surface area contributed by atoms with Gasteiger partial charge in [-0.1, -0.05) is 28.1 Å². The number of carbonyl (C=O) groups excluding carboxylic acids is 1. The van der Waals surface area contributed by atoms with Gasteiger partial charge in [0.2, 0.25) is 0 Å². The van der Waals surface area contributed by atoms with E-state index in [2.05, 4.69) is 15.9 Å². The second-order valence-corrected chi connectivity index (χ2v) is 4.81. The van der Waals surface area contributed by atoms with Crippen molar-refractivity contribution in [3.8, 4) is 6.07 Å². The van der Waals surface area contributed by atoms with E-state index < -0.39 is 5.97 Å². The first-order valence-corrected chi connectivity index (χ1v) is 6.40. The van der Waals surface area contributed by atoms with E-state index in [4.69, 9.17) is 10.00 Å². The number of nitriles is 1. The van der Waals surface area contributed by atoms with Crippen LogP contribution in [0.1, 0.15) is 21.5 Å². The largest absolute Gasteiger partial charge is 0.457 e. The van der Waals surface area contributed by atoms with Crippen molar-refractivity contribution in [1.29, 1.82) is 5.26 Å². The van der Waals surface area contributed by atoms with Gasteiger partial charge in [0, 0.05) is 4.47 Å². The molecule has 3 nitrogen and oxygen atoms in total. The van der Waals surface area contributed by atoms with Gasteiger partial charge in [0.25, 0.3) is 0 Å². The van der Waals surface area contributed by atoms with Gasteiger partial charge in [-0.15, -0.1) is 0 Å². The first-order valence-electron chi connectivity index (χ1n) is 5.61. The first kappa shape index (κ1) is 13.3. The molecule has 4 heteroatoms. The zero-order valence-corrected chi connectivity index (χ0v) is 11.6. The minimum atomic E-state index is -0.399. The lowest BCUT2D eigenvalue weighted by molar-refractivity contribution is 0.0472. The highest BCUT2D eigenvalue weighted by molar-refractivity contribution is 9.10. The third-order valence-electron chi connectivity index (χ3n) is 2.51. The number of esters is 1. The van der Waals surface area contributed by atoms with Crippen LogP contribution in [0.25, 0.3) is 0 Å². The number of ether oxygens (including phenoxy) is 1. The number of carbonyl (C=O) groups is 1. The zero-order valence-electron chi connectivity index (χ0n) is 9.97. The Balaban J connectivity index is 1.99. The minimum Gasteiger partial charge on any atom is -0.457 e. The molecule has 2 aromatic rings. The molecule has 0 unspecified atom stereocenters. The number of hydrogen-bond acceptors (Lipinski definition) is 3. The van der Waals surface area contributed by atoms with E-state index in [1.54, 1.807) is 24.3 Å². The maximum Gasteiger partial charge on any atom is 0.338 e. The van der Waals surface area contributed by atoms with Crippen LogP contribution in [0, 0.1) is 11.3 Å². The molecular weight excluding hydrogens is 306 g/mol. The van der Waals surface area contributed by atoms with Gasteiger partial charge in [0.15, 0.2) is 0 Å². The summed E-state index contributed by atoms with van der Waals surface area (Å²) in [6.07, 6.45) is 0. The Bertz CT molecular complexity index is 629. The predicted octanol–water partition coefficient (Wildman–Crippen LogP) is 3.68. The van der Waals surface area contributed by atoms with Gasteiger partial charge in [-0.05, 0) is 42.0 Å². The molecule has 0 saturated carbocycles. The molecule has 0 saturated heterocycles. The summed E-state index contributed by atoms with van der Waals surface area (Å²) in [4.78, 5) is 11.8. The van der Waals surface area contributed by atoms with Crippen molar-refractivity contribution >= 4 is 21.9 Å². The summed E-state index contributed by atoms with van der Waals surface area (Å²) in [7, 11) is 0. The first-order chi connectivity index (χ1) is 9.19. The molecule has 0 amide bonds. The third-order valence-corrected chi connectivity index (χ3v) is 3.00. The third kappa shape index (κ3) is 3.67. The minimum absolute atomic E-state index is 0.221. The van der Waals surface area contributed by atoms with Crippen molar-refractivity contribution in [2.45, 2.75) is 6.61 Å². The SMILES string of the molecule is N#Cc1ccc(C(=O)OCc2cccc(Br)c2)cc1. The maximum absolute atomic E-state index is 11.8. The van der Waals surface area contributed by atoms with Crippen molar-refractivity contribution in [2.24, 2.45) is 0 Å². The van der Waals surface area contributed by atoms with E-state index in [1.165, 1.54) is 0 Å². The molecule has 0 bridgehead atoms. The van der Waals surface area contributed by atoms with E-state index in [1.807, 2.05) is 30.3 Å². The zero-order chi connectivity index (χ0) is 13.7. The highest BCUT2D eigenvalue weighted by Gasteiger charge is 2.07. The topological polar surface area (TPSA) is 50.1 Å². The van der Waals surface area contributed by atoms with Crippen molar-refractivity contribution in [2.75, 3.05) is 0 Å². The fraction of sp³-hybridized carbons (Fsp3) is 0.0667. The smallest absolute Gasteiger partial charge is 0.338 e. The van der Waals surface area contributed by atoms with E-state index in [9.17, 15) is 4.79 Å². The van der Waals surface area contributed by atoms with Gasteiger partial charge < -0.3 is 4.74 Å². The quantitative estimate of drug-likeness (QED) is 0.812. The van der Waals surface area contributed by atoms with Crippen LogP contribution >= 0.6 is 15.9 Å². The molecule has 0 aromatic heterocycles. The molecule has 2 aromatic carbocycles. The molecular formula is C15H10BrNO2. The Kier molecular flexibility index (Phi) is 4.32. The standard InChI is InChI=1S/C15H10BrNO2/c16-14-3-1-2-12(8-14)10-19-15(18)13-6-4-11(9-17)5-7-13/h1-8H,10H2. The second-order valence-electron chi connectivity index (χ2n) is 3.90. The lowest BCUT2D eigenvalue weighted by atomic mass is 10.1. The van der Waals surface area contributed by atoms with E-state index >= 15 is 0 Å². The lowest BCUT2D eigenvalue weighted by Gasteiger charge is -2.05. The van der Waals surface area contributed by atoms with E-state index in [0.29, 0.717) is 11.1 Å². The highest BCUT2D eigenvalue weighted by Crippen LogP contribution is 2.13. The van der Waals surface area contributed by atoms with Crippen LogP contribution < -0.4 is 0 Å². The average Bonchev–Trinajstić information content (AvgIpc) is 2.45. The Morgan fingerprint density at radius 1 is 1.21 bits per heavy atom. The van der Waals surface area contributed by atoms with Gasteiger partial charge in [-0.2, -0.15) is 5.26 Å². The molecule has 0 spiro atoms. The monoisotopic (exact) mass is 315 g/mol. The fourth-order valence-electron chi connectivity index (χ4n) is 1.54. The number of halogens is 1. The van der Waals surface area contributed by atoms with Crippen molar-refractivity contribution in [1.82, 2.24) is 0 Å². The van der Waals surface area contributed by atoms with Gasteiger partial charge >= 0.3 is 5.97 Å². The van der Waals surface area contributed by atoms with Gasteiger partial charge in [-0.25, -0.2) is 4.79 Å². The molecule has 0 aliphatic carbocycles. The van der Waals surface area contributed by atoms with Crippen LogP contribution in [0.3, 0.4) is 0 Å². The summed E-state index contributed by atoms with van der Waals surface area (Å²) in [5, 5.41) is 8.67. The van der Waals surface area contributed by atoms with Crippen molar-refractivity contribution in [3.63, 3.8) is 0 Å². The van der Waals surface area contributed by atoms with Crippen molar-refractivity contribution < 1.29 is 9.53 Å². The molecule has 0 aliphatic heterocycles. The van der Waals surface area contributed by atoms with Crippen LogP contribution in [0.4, 0.5) is 0 Å². The Hall–Kier alpha value is -2.12. The van der Waals surface area contributed by atoms with Crippen LogP contribution in [0.5, 0.6) is 0 Å². The summed E-state index contributed by atoms with van der Waals surface area (Å²) in [6, 6.07) is 15.9. The molecule has 0 heterocycles. The summed E-state index contributed by atoms with van der Waals surface area (Å²) in [6.45, 7) is 0.221. The molecule has 19 heavy (non-hydrogen) atoms. The van der Waals surface area contributed by atoms with Crippen LogP contribution in [-0.2, 0) is 11.3 Å². The highest BCUT2D eigenvalue weighted by atomic mass is 79.9. The van der Waals surface area contributed by atoms with Crippen LogP contribution in [0.2, 0.25) is 0 Å². The van der Waals surface area contributed by atoms with Crippen LogP contribution in [0.15, 0.2) is 53.0 Å². The number of benzene rings is 2. The molecule has 0 fully saturated rings. The van der Waals surface area contributed by atoms with Crippen molar-refractivity contribution in [3.05, 3.63) is 69.7 Å². The molecule has 94 valence electrons. The van der Waals surface area contributed by atoms with Gasteiger partial charge in [0.05, 0.1) is 17.2 Å². The Labute approximate surface area is 119 Å². The summed E-state index contributed by atoms with van der Waals surface area (Å²) < 4.78 is 6.14. The molecule has 0 aliphatic rings. The molecule has 0 radical (unpaired) electrons. The molecule has 0 N–H and O–H groups in total. The number of rotatable bonds is 3. The number of nitrogens with zero attached hydrogens (tertiary/aromatic N) is 1. The van der Waals surface area contributed by atoms with Crippen LogP contribution in [-0.4, -0.2) is 5.97 Å². The average molecular weight is 316 g/mol. The lowest BCUT2D eigenvalue weighted by Crippen LogP contribution is -2.05. The van der Waals surface area contributed by atoms with E-state index in [0.717, 1.165) is 10.0 Å². The predicted molar refractivity (Wildman–Crippen MR) is 74.4 cm³/mol. The molecule has 0 atom stereocenters. The Morgan fingerprint density at radius 3 is 2.58 bits per heavy atom. The Morgan fingerprint density at radius 2 is 1.95 bits per heavy atom. The summed E-state index contributed by atoms with van der Waals surface area (Å²) in [5.41, 5.74) is 1.87. The molecule has 2 rings (SSSR count). The van der Waals surface area contributed by atoms with Gasteiger partial charge in [-0.3, -0.25) is 0 Å². The van der Waals surface area contributed by atoms with Gasteiger partial charge in [0.1, 0.15) is 6.61 Å². The summed E-state index contributed by atoms with van der Waals surface area (Å²) >= 11 is 3.36. The normalized spacial score (nSPS) is 9.68. The maximum atomic E-state index is 11.8. The fourth-order valence-corrected chi connectivity index (χ4v) is 1.99. The summed E-state index contributed by atoms with van der Waals surface area (Å²) in [5.74, 6) is -0.399. The van der Waals surface area contributed by atoms with E-state index in [-0.39, 0.29) is 6.61 Å². The number of hydrogen-bond donors (Lipinski definition) is 0. The second kappa shape index (κ2) is 6.17.